The van der Waals surface area contributed by atoms with Crippen LogP contribution in [-0.4, -0.2) is 89.5 Å². The van der Waals surface area contributed by atoms with E-state index in [2.05, 4.69) is 15.4 Å². The van der Waals surface area contributed by atoms with E-state index in [1.165, 1.54) is 0 Å². The van der Waals surface area contributed by atoms with Gasteiger partial charge >= 0.3 is 6.09 Å². The fourth-order valence-corrected chi connectivity index (χ4v) is 3.97. The molecule has 172 valence electrons. The summed E-state index contributed by atoms with van der Waals surface area (Å²) in [5.74, 6) is 1.05. The minimum Gasteiger partial charge on any atom is -0.444 e. The van der Waals surface area contributed by atoms with Crippen molar-refractivity contribution in [2.24, 2.45) is 18.0 Å². The highest BCUT2D eigenvalue weighted by molar-refractivity contribution is 5.98. The largest absolute Gasteiger partial charge is 0.444 e. The highest BCUT2D eigenvalue weighted by atomic mass is 16.6. The second-order valence-electron chi connectivity index (χ2n) is 9.20. The highest BCUT2D eigenvalue weighted by Gasteiger charge is 2.30. The molecule has 3 heterocycles. The first-order valence-electron chi connectivity index (χ1n) is 10.9. The molecule has 2 aliphatic rings. The first-order chi connectivity index (χ1) is 14.7. The molecule has 0 saturated carbocycles. The lowest BCUT2D eigenvalue weighted by Crippen LogP contribution is -2.56. The van der Waals surface area contributed by atoms with Crippen molar-refractivity contribution in [1.29, 1.82) is 0 Å². The third-order valence-electron chi connectivity index (χ3n) is 5.45. The van der Waals surface area contributed by atoms with E-state index in [0.717, 1.165) is 25.1 Å². The predicted octanol–water partition coefficient (Wildman–Crippen LogP) is 1.29. The molecular weight excluding hydrogens is 398 g/mol. The molecular formula is C21H35N7O3. The molecule has 2 amide bonds. The smallest absolute Gasteiger partial charge is 0.410 e. The molecule has 1 N–H and O–H groups in total. The van der Waals surface area contributed by atoms with Crippen LogP contribution >= 0.6 is 0 Å². The van der Waals surface area contributed by atoms with E-state index in [1.54, 1.807) is 27.7 Å². The summed E-state index contributed by atoms with van der Waals surface area (Å²) in [5, 5.41) is 7.56. The maximum absolute atomic E-state index is 12.7. The molecule has 1 atom stereocenters. The molecule has 0 radical (unpaired) electrons. The zero-order valence-electron chi connectivity index (χ0n) is 19.3. The monoisotopic (exact) mass is 433 g/mol. The number of carbonyl (C=O) groups is 2. The molecule has 3 rings (SSSR count). The van der Waals surface area contributed by atoms with Gasteiger partial charge in [-0.2, -0.15) is 5.10 Å². The van der Waals surface area contributed by atoms with Crippen molar-refractivity contribution in [2.45, 2.75) is 39.2 Å². The van der Waals surface area contributed by atoms with Gasteiger partial charge in [-0.3, -0.25) is 14.5 Å². The van der Waals surface area contributed by atoms with Crippen LogP contribution in [0.25, 0.3) is 0 Å². The van der Waals surface area contributed by atoms with Crippen molar-refractivity contribution >= 4 is 23.6 Å². The Hall–Kier alpha value is -2.78. The number of nitrogens with zero attached hydrogens (tertiary/aromatic N) is 6. The number of carbonyl (C=O) groups excluding carboxylic acids is 2. The number of piperidine rings is 1. The average molecular weight is 434 g/mol. The minimum atomic E-state index is -0.491. The number of likely N-dealkylation sites (tertiary alicyclic amines) is 1. The third kappa shape index (κ3) is 6.11. The highest BCUT2D eigenvalue weighted by Crippen LogP contribution is 2.19. The Balaban J connectivity index is 1.50. The molecule has 0 aliphatic carbocycles. The van der Waals surface area contributed by atoms with E-state index in [0.29, 0.717) is 38.1 Å². The Kier molecular flexibility index (Phi) is 7.07. The maximum Gasteiger partial charge on any atom is 0.410 e. The number of aliphatic imine (C=N–C) groups is 1. The molecule has 0 spiro atoms. The number of ether oxygens (including phenoxy) is 1. The SMILES string of the molecule is CN=C(NCC1CCCN(C(=O)OC(C)(C)C)C1)N1CCN(c2cnn(C)c2)C(=O)C1. The summed E-state index contributed by atoms with van der Waals surface area (Å²) in [7, 11) is 3.57. The van der Waals surface area contributed by atoms with Gasteiger partial charge in [0.2, 0.25) is 5.91 Å². The molecule has 10 nitrogen and oxygen atoms in total. The van der Waals surface area contributed by atoms with Crippen molar-refractivity contribution in [3.8, 4) is 0 Å². The van der Waals surface area contributed by atoms with Crippen LogP contribution in [0.4, 0.5) is 10.5 Å². The van der Waals surface area contributed by atoms with Crippen LogP contribution in [0.1, 0.15) is 33.6 Å². The normalized spacial score (nSPS) is 20.8. The number of anilines is 1. The summed E-state index contributed by atoms with van der Waals surface area (Å²) in [5.41, 5.74) is 0.328. The number of nitrogens with one attached hydrogen (secondary N) is 1. The number of aryl methyl sites for hydroxylation is 1. The van der Waals surface area contributed by atoms with E-state index in [9.17, 15) is 9.59 Å². The van der Waals surface area contributed by atoms with Gasteiger partial charge < -0.3 is 24.8 Å². The summed E-state index contributed by atoms with van der Waals surface area (Å²) in [4.78, 5) is 35.0. The zero-order valence-corrected chi connectivity index (χ0v) is 19.3. The number of hydrogen-bond acceptors (Lipinski definition) is 5. The predicted molar refractivity (Wildman–Crippen MR) is 119 cm³/mol. The van der Waals surface area contributed by atoms with Gasteiger partial charge in [-0.25, -0.2) is 4.79 Å². The van der Waals surface area contributed by atoms with E-state index >= 15 is 0 Å². The van der Waals surface area contributed by atoms with Gasteiger partial charge in [-0.05, 0) is 39.5 Å². The van der Waals surface area contributed by atoms with Crippen LogP contribution in [-0.2, 0) is 16.6 Å². The quantitative estimate of drug-likeness (QED) is 0.570. The number of aromatic nitrogens is 2. The first kappa shape index (κ1) is 22.9. The summed E-state index contributed by atoms with van der Waals surface area (Å²) in [6.45, 7) is 9.27. The first-order valence-corrected chi connectivity index (χ1v) is 10.9. The number of amides is 2. The maximum atomic E-state index is 12.7. The third-order valence-corrected chi connectivity index (χ3v) is 5.45. The van der Waals surface area contributed by atoms with E-state index < -0.39 is 5.60 Å². The molecule has 0 bridgehead atoms. The molecule has 1 aromatic rings. The van der Waals surface area contributed by atoms with E-state index in [4.69, 9.17) is 4.74 Å². The Morgan fingerprint density at radius 3 is 2.68 bits per heavy atom. The molecule has 1 unspecified atom stereocenters. The Bertz CT molecular complexity index is 814. The van der Waals surface area contributed by atoms with Crippen LogP contribution in [0, 0.1) is 5.92 Å². The van der Waals surface area contributed by atoms with Gasteiger partial charge in [-0.1, -0.05) is 0 Å². The molecule has 31 heavy (non-hydrogen) atoms. The van der Waals surface area contributed by atoms with E-state index in [1.807, 2.05) is 38.9 Å². The van der Waals surface area contributed by atoms with E-state index in [-0.39, 0.29) is 18.5 Å². The zero-order chi connectivity index (χ0) is 22.6. The number of rotatable bonds is 3. The summed E-state index contributed by atoms with van der Waals surface area (Å²) in [6.07, 6.45) is 5.29. The van der Waals surface area contributed by atoms with Crippen LogP contribution in [0.5, 0.6) is 0 Å². The fraction of sp³-hybridized carbons (Fsp3) is 0.714. The molecule has 2 aliphatic heterocycles. The van der Waals surface area contributed by atoms with Crippen molar-refractivity contribution in [1.82, 2.24) is 24.9 Å². The molecule has 1 aromatic heterocycles. The van der Waals surface area contributed by atoms with Gasteiger partial charge in [0.05, 0.1) is 11.9 Å². The molecule has 2 saturated heterocycles. The van der Waals surface area contributed by atoms with Gasteiger partial charge in [-0.15, -0.1) is 0 Å². The van der Waals surface area contributed by atoms with Crippen molar-refractivity contribution < 1.29 is 14.3 Å². The van der Waals surface area contributed by atoms with Crippen LogP contribution in [0.3, 0.4) is 0 Å². The standard InChI is InChI=1S/C21H35N7O3/c1-21(2,3)31-20(30)27-8-6-7-16(13-27)11-23-19(22-4)26-9-10-28(18(29)15-26)17-12-24-25(5)14-17/h12,14,16H,6-11,13,15H2,1-5H3,(H,22,23). The van der Waals surface area contributed by atoms with Gasteiger partial charge in [0, 0.05) is 53.0 Å². The summed E-state index contributed by atoms with van der Waals surface area (Å²) < 4.78 is 7.21. The molecule has 0 aromatic carbocycles. The van der Waals surface area contributed by atoms with Crippen molar-refractivity contribution in [2.75, 3.05) is 51.2 Å². The summed E-state index contributed by atoms with van der Waals surface area (Å²) >= 11 is 0. The lowest BCUT2D eigenvalue weighted by molar-refractivity contribution is -0.120. The average Bonchev–Trinajstić information content (AvgIpc) is 3.13. The molecule has 10 heteroatoms. The lowest BCUT2D eigenvalue weighted by Gasteiger charge is -2.37. The Morgan fingerprint density at radius 1 is 1.29 bits per heavy atom. The molecule has 2 fully saturated rings. The fourth-order valence-electron chi connectivity index (χ4n) is 3.97. The van der Waals surface area contributed by atoms with Crippen molar-refractivity contribution in [3.05, 3.63) is 12.4 Å². The van der Waals surface area contributed by atoms with Crippen LogP contribution in [0.15, 0.2) is 17.4 Å². The second kappa shape index (κ2) is 9.57. The Labute approximate surface area is 184 Å². The lowest BCUT2D eigenvalue weighted by atomic mass is 9.98. The second-order valence-corrected chi connectivity index (χ2v) is 9.20. The van der Waals surface area contributed by atoms with Crippen LogP contribution < -0.4 is 10.2 Å². The summed E-state index contributed by atoms with van der Waals surface area (Å²) in [6, 6.07) is 0. The number of hydrogen-bond donors (Lipinski definition) is 1. The number of guanidine groups is 1. The topological polar surface area (TPSA) is 95.3 Å². The van der Waals surface area contributed by atoms with Crippen LogP contribution in [0.2, 0.25) is 0 Å². The minimum absolute atomic E-state index is 0.0240. The Morgan fingerprint density at radius 2 is 2.06 bits per heavy atom. The van der Waals surface area contributed by atoms with Gasteiger partial charge in [0.1, 0.15) is 12.1 Å². The van der Waals surface area contributed by atoms with Gasteiger partial charge in [0.15, 0.2) is 5.96 Å². The number of piperazine rings is 1. The van der Waals surface area contributed by atoms with Gasteiger partial charge in [0.25, 0.3) is 0 Å². The van der Waals surface area contributed by atoms with Crippen molar-refractivity contribution in [3.63, 3.8) is 0 Å².